The summed E-state index contributed by atoms with van der Waals surface area (Å²) in [5, 5.41) is 7.28. The van der Waals surface area contributed by atoms with E-state index in [1.165, 1.54) is 0 Å². The molecule has 0 bridgehead atoms. The fourth-order valence-electron chi connectivity index (χ4n) is 2.11. The number of rotatable bonds is 6. The highest BCUT2D eigenvalue weighted by Crippen LogP contribution is 2.31. The van der Waals surface area contributed by atoms with Gasteiger partial charge in [0.2, 0.25) is 11.8 Å². The van der Waals surface area contributed by atoms with E-state index in [-0.39, 0.29) is 0 Å². The number of pyridine rings is 1. The molecule has 8 heteroatoms. The minimum Gasteiger partial charge on any atom is -0.481 e. The van der Waals surface area contributed by atoms with Crippen LogP contribution in [0.4, 0.5) is 16.8 Å². The Morgan fingerprint density at radius 1 is 1.17 bits per heavy atom. The Morgan fingerprint density at radius 3 is 2.75 bits per heavy atom. The average Bonchev–Trinajstić information content (AvgIpc) is 2.97. The summed E-state index contributed by atoms with van der Waals surface area (Å²) < 4.78 is 5.05. The van der Waals surface area contributed by atoms with Crippen LogP contribution in [-0.4, -0.2) is 33.6 Å². The Morgan fingerprint density at radius 2 is 2.04 bits per heavy atom. The van der Waals surface area contributed by atoms with Crippen molar-refractivity contribution in [3.63, 3.8) is 0 Å². The quantitative estimate of drug-likeness (QED) is 0.709. The first-order chi connectivity index (χ1) is 11.7. The van der Waals surface area contributed by atoms with Gasteiger partial charge in [0.05, 0.1) is 35.3 Å². The molecule has 3 aromatic heterocycles. The molecule has 3 heterocycles. The molecule has 0 atom stereocenters. The van der Waals surface area contributed by atoms with Crippen LogP contribution in [0.5, 0.6) is 5.88 Å². The van der Waals surface area contributed by atoms with Gasteiger partial charge in [0.15, 0.2) is 5.13 Å². The molecular weight excluding hydrogens is 324 g/mol. The molecule has 0 radical (unpaired) electrons. The van der Waals surface area contributed by atoms with Crippen molar-refractivity contribution < 1.29 is 4.74 Å². The molecule has 7 nitrogen and oxygen atoms in total. The molecule has 0 aliphatic rings. The van der Waals surface area contributed by atoms with Crippen molar-refractivity contribution in [1.82, 2.24) is 19.9 Å². The van der Waals surface area contributed by atoms with E-state index in [0.29, 0.717) is 11.8 Å². The first-order valence-electron chi connectivity index (χ1n) is 7.51. The zero-order chi connectivity index (χ0) is 16.9. The van der Waals surface area contributed by atoms with Crippen LogP contribution in [0.15, 0.2) is 30.6 Å². The molecule has 0 fully saturated rings. The Hall–Kier alpha value is -2.74. The zero-order valence-corrected chi connectivity index (χ0v) is 14.5. The van der Waals surface area contributed by atoms with Gasteiger partial charge in [-0.15, -0.1) is 0 Å². The molecule has 0 saturated carbocycles. The van der Waals surface area contributed by atoms with Crippen LogP contribution in [0.2, 0.25) is 0 Å². The first-order valence-corrected chi connectivity index (χ1v) is 8.33. The number of aryl methyl sites for hydroxylation is 1. The summed E-state index contributed by atoms with van der Waals surface area (Å²) in [6.45, 7) is 4.87. The van der Waals surface area contributed by atoms with Gasteiger partial charge in [0.1, 0.15) is 0 Å². The van der Waals surface area contributed by atoms with Gasteiger partial charge in [0, 0.05) is 18.8 Å². The predicted molar refractivity (Wildman–Crippen MR) is 96.1 cm³/mol. The molecule has 0 aliphatic carbocycles. The highest BCUT2D eigenvalue weighted by atomic mass is 32.1. The van der Waals surface area contributed by atoms with Crippen LogP contribution in [-0.2, 0) is 0 Å². The lowest BCUT2D eigenvalue weighted by Crippen LogP contribution is -1.98. The van der Waals surface area contributed by atoms with Gasteiger partial charge in [0.25, 0.3) is 0 Å². The number of nitrogens with zero attached hydrogens (tertiary/aromatic N) is 4. The lowest BCUT2D eigenvalue weighted by Gasteiger charge is -2.06. The minimum absolute atomic E-state index is 0.511. The van der Waals surface area contributed by atoms with E-state index in [2.05, 4.69) is 30.6 Å². The molecular formula is C16H18N6OS. The predicted octanol–water partition coefficient (Wildman–Crippen LogP) is 3.49. The third kappa shape index (κ3) is 3.60. The Bertz CT molecular complexity index is 818. The van der Waals surface area contributed by atoms with Gasteiger partial charge < -0.3 is 15.4 Å². The van der Waals surface area contributed by atoms with Crippen molar-refractivity contribution in [3.05, 3.63) is 36.3 Å². The van der Waals surface area contributed by atoms with Gasteiger partial charge in [-0.25, -0.2) is 19.9 Å². The van der Waals surface area contributed by atoms with E-state index in [9.17, 15) is 0 Å². The van der Waals surface area contributed by atoms with E-state index in [4.69, 9.17) is 4.74 Å². The topological polar surface area (TPSA) is 84.9 Å². The summed E-state index contributed by atoms with van der Waals surface area (Å²) in [6, 6.07) is 5.53. The van der Waals surface area contributed by atoms with E-state index in [1.54, 1.807) is 36.9 Å². The molecule has 0 unspecified atom stereocenters. The zero-order valence-electron chi connectivity index (χ0n) is 13.7. The standard InChI is InChI=1S/C16H18N6OS/c1-4-17-16-20-10(2)14(24-16)12-7-8-18-15(22-12)21-11-5-6-13(23-3)19-9-11/h5-9H,4H2,1-3H3,(H,17,20)(H,18,21,22). The maximum absolute atomic E-state index is 5.05. The van der Waals surface area contributed by atoms with Crippen molar-refractivity contribution in [2.45, 2.75) is 13.8 Å². The second-order valence-corrected chi connectivity index (χ2v) is 5.94. The number of ether oxygens (including phenoxy) is 1. The Balaban J connectivity index is 1.83. The van der Waals surface area contributed by atoms with Crippen LogP contribution in [0.25, 0.3) is 10.6 Å². The molecule has 0 spiro atoms. The highest BCUT2D eigenvalue weighted by Gasteiger charge is 2.11. The summed E-state index contributed by atoms with van der Waals surface area (Å²) in [7, 11) is 1.58. The normalized spacial score (nSPS) is 10.5. The monoisotopic (exact) mass is 342 g/mol. The third-order valence-electron chi connectivity index (χ3n) is 3.21. The van der Waals surface area contributed by atoms with Crippen LogP contribution >= 0.6 is 11.3 Å². The lowest BCUT2D eigenvalue weighted by molar-refractivity contribution is 0.398. The number of thiazole rings is 1. The largest absolute Gasteiger partial charge is 0.481 e. The molecule has 24 heavy (non-hydrogen) atoms. The van der Waals surface area contributed by atoms with Gasteiger partial charge in [-0.3, -0.25) is 0 Å². The molecule has 0 aliphatic heterocycles. The number of hydrogen-bond acceptors (Lipinski definition) is 8. The second kappa shape index (κ2) is 7.22. The second-order valence-electron chi connectivity index (χ2n) is 4.94. The molecule has 3 aromatic rings. The van der Waals surface area contributed by atoms with E-state index in [1.807, 2.05) is 26.0 Å². The lowest BCUT2D eigenvalue weighted by atomic mass is 10.3. The van der Waals surface area contributed by atoms with Gasteiger partial charge in [-0.1, -0.05) is 11.3 Å². The number of nitrogens with one attached hydrogen (secondary N) is 2. The molecule has 0 aromatic carbocycles. The van der Waals surface area contributed by atoms with Crippen molar-refractivity contribution in [2.24, 2.45) is 0 Å². The third-order valence-corrected chi connectivity index (χ3v) is 4.35. The Kier molecular flexibility index (Phi) is 4.85. The minimum atomic E-state index is 0.511. The van der Waals surface area contributed by atoms with Crippen molar-refractivity contribution in [2.75, 3.05) is 24.3 Å². The number of aromatic nitrogens is 4. The average molecular weight is 342 g/mol. The van der Waals surface area contributed by atoms with E-state index < -0.39 is 0 Å². The summed E-state index contributed by atoms with van der Waals surface area (Å²) >= 11 is 1.59. The van der Waals surface area contributed by atoms with Crippen LogP contribution in [0.1, 0.15) is 12.6 Å². The molecule has 3 rings (SSSR count). The number of hydrogen-bond donors (Lipinski definition) is 2. The summed E-state index contributed by atoms with van der Waals surface area (Å²) in [4.78, 5) is 18.5. The SMILES string of the molecule is CCNc1nc(C)c(-c2ccnc(Nc3ccc(OC)nc3)n2)s1. The molecule has 0 saturated heterocycles. The fourth-order valence-corrected chi connectivity index (χ4v) is 3.11. The van der Waals surface area contributed by atoms with Crippen molar-refractivity contribution in [3.8, 4) is 16.5 Å². The maximum Gasteiger partial charge on any atom is 0.227 e. The summed E-state index contributed by atoms with van der Waals surface area (Å²) in [5.74, 6) is 1.07. The van der Waals surface area contributed by atoms with E-state index >= 15 is 0 Å². The number of anilines is 3. The van der Waals surface area contributed by atoms with Gasteiger partial charge in [-0.2, -0.15) is 0 Å². The highest BCUT2D eigenvalue weighted by molar-refractivity contribution is 7.19. The van der Waals surface area contributed by atoms with Crippen molar-refractivity contribution >= 4 is 28.1 Å². The van der Waals surface area contributed by atoms with Gasteiger partial charge >= 0.3 is 0 Å². The fraction of sp³-hybridized carbons (Fsp3) is 0.250. The van der Waals surface area contributed by atoms with Crippen LogP contribution in [0.3, 0.4) is 0 Å². The Labute approximate surface area is 144 Å². The first kappa shape index (κ1) is 16.1. The summed E-state index contributed by atoms with van der Waals surface area (Å²) in [6.07, 6.45) is 3.41. The summed E-state index contributed by atoms with van der Waals surface area (Å²) in [5.41, 5.74) is 2.59. The molecule has 0 amide bonds. The van der Waals surface area contributed by atoms with Crippen LogP contribution < -0.4 is 15.4 Å². The molecule has 2 N–H and O–H groups in total. The molecule has 124 valence electrons. The van der Waals surface area contributed by atoms with E-state index in [0.717, 1.165) is 33.6 Å². The van der Waals surface area contributed by atoms with Gasteiger partial charge in [-0.05, 0) is 26.0 Å². The van der Waals surface area contributed by atoms with Crippen molar-refractivity contribution in [1.29, 1.82) is 0 Å². The maximum atomic E-state index is 5.05. The smallest absolute Gasteiger partial charge is 0.227 e. The number of methoxy groups -OCH3 is 1. The van der Waals surface area contributed by atoms with Crippen LogP contribution in [0, 0.1) is 6.92 Å².